The number of ether oxygens (including phenoxy) is 2. The molecular formula is C41H60FN6O8P. The Kier molecular flexibility index (Phi) is 19.3. The number of anilines is 1. The summed E-state index contributed by atoms with van der Waals surface area (Å²) in [5.41, 5.74) is 4.68. The van der Waals surface area contributed by atoms with E-state index in [0.717, 1.165) is 45.2 Å². The Labute approximate surface area is 336 Å². The van der Waals surface area contributed by atoms with E-state index in [1.165, 1.54) is 112 Å². The third-order valence-corrected chi connectivity index (χ3v) is 11.8. The van der Waals surface area contributed by atoms with E-state index in [4.69, 9.17) is 28.8 Å². The summed E-state index contributed by atoms with van der Waals surface area (Å²) in [6, 6.07) is 10.7. The number of aromatic nitrogens is 3. The molecule has 57 heavy (non-hydrogen) atoms. The van der Waals surface area contributed by atoms with Crippen LogP contribution < -0.4 is 5.73 Å². The van der Waals surface area contributed by atoms with Crippen LogP contribution in [0.5, 0.6) is 0 Å². The number of aliphatic hydroxyl groups is 2. The number of hydrogen-bond acceptors (Lipinski definition) is 13. The van der Waals surface area contributed by atoms with Crippen LogP contribution in [0.1, 0.15) is 139 Å². The zero-order chi connectivity index (χ0) is 41.1. The molecule has 314 valence electrons. The van der Waals surface area contributed by atoms with Crippen molar-refractivity contribution in [1.29, 1.82) is 10.5 Å². The first-order valence-corrected chi connectivity index (χ1v) is 21.9. The molecule has 14 nitrogen and oxygen atoms in total. The second-order valence-electron chi connectivity index (χ2n) is 14.8. The Bertz CT molecular complexity index is 1800. The molecule has 0 spiro atoms. The smallest absolute Gasteiger partial charge is 0.386 e. The topological polar surface area (TPSA) is 207 Å². The van der Waals surface area contributed by atoms with E-state index in [9.17, 15) is 29.7 Å². The number of halogens is 1. The molecule has 2 aromatic heterocycles. The minimum atomic E-state index is -4.50. The van der Waals surface area contributed by atoms with Gasteiger partial charge in [-0.1, -0.05) is 116 Å². The molecular weight excluding hydrogens is 754 g/mol. The number of benzene rings is 1. The molecule has 4 N–H and O–H groups in total. The number of nitriles is 2. The van der Waals surface area contributed by atoms with E-state index >= 15 is 0 Å². The van der Waals surface area contributed by atoms with Gasteiger partial charge in [-0.15, -0.1) is 0 Å². The van der Waals surface area contributed by atoms with Gasteiger partial charge in [-0.2, -0.15) is 15.6 Å². The van der Waals surface area contributed by atoms with Gasteiger partial charge in [0.1, 0.15) is 35.9 Å². The maximum absolute atomic E-state index is 14.1. The summed E-state index contributed by atoms with van der Waals surface area (Å²) in [5, 5.41) is 45.6. The summed E-state index contributed by atoms with van der Waals surface area (Å²) in [6.07, 6.45) is 16.5. The van der Waals surface area contributed by atoms with Gasteiger partial charge in [0.25, 0.3) is 0 Å². The number of phosphoric acid groups is 1. The van der Waals surface area contributed by atoms with Crippen molar-refractivity contribution in [2.45, 2.75) is 159 Å². The molecule has 1 fully saturated rings. The highest BCUT2D eigenvalue weighted by atomic mass is 31.2. The number of phosphoric ester groups is 1. The first-order chi connectivity index (χ1) is 27.6. The number of nitrogens with zero attached hydrogens (tertiary/aromatic N) is 5. The van der Waals surface area contributed by atoms with Crippen molar-refractivity contribution in [3.8, 4) is 12.1 Å². The van der Waals surface area contributed by atoms with Gasteiger partial charge >= 0.3 is 7.82 Å². The van der Waals surface area contributed by atoms with Crippen LogP contribution in [0.3, 0.4) is 0 Å². The van der Waals surface area contributed by atoms with Gasteiger partial charge in [0.05, 0.1) is 36.6 Å². The summed E-state index contributed by atoms with van der Waals surface area (Å²) in [6.45, 7) is 1.93. The van der Waals surface area contributed by atoms with E-state index in [-0.39, 0.29) is 30.3 Å². The van der Waals surface area contributed by atoms with Crippen molar-refractivity contribution < 1.29 is 42.2 Å². The zero-order valence-corrected chi connectivity index (χ0v) is 34.3. The predicted molar refractivity (Wildman–Crippen MR) is 212 cm³/mol. The SMILES string of the molecule is CCCCCCCCCCCCCCCCCCC[C@H](COP(=O)(OC)O[C@H]1O[C@@](C#N)(c2ccc3c(N)ncnn23)[C@H](O)[C@@H]1O)OCc1cc(F)cc(C#N)c1. The Morgan fingerprint density at radius 2 is 1.58 bits per heavy atom. The summed E-state index contributed by atoms with van der Waals surface area (Å²) in [7, 11) is -3.42. The molecule has 3 aromatic rings. The molecule has 1 unspecified atom stereocenters. The van der Waals surface area contributed by atoms with Gasteiger partial charge in [0.2, 0.25) is 5.60 Å². The van der Waals surface area contributed by atoms with E-state index in [1.54, 1.807) is 0 Å². The fourth-order valence-corrected chi connectivity index (χ4v) is 8.17. The number of hydrogen-bond donors (Lipinski definition) is 3. The zero-order valence-electron chi connectivity index (χ0n) is 33.4. The lowest BCUT2D eigenvalue weighted by molar-refractivity contribution is -0.145. The van der Waals surface area contributed by atoms with Crippen LogP contribution in [-0.2, 0) is 39.8 Å². The molecule has 0 amide bonds. The minimum absolute atomic E-state index is 0.0272. The van der Waals surface area contributed by atoms with E-state index in [0.29, 0.717) is 17.5 Å². The molecule has 1 saturated heterocycles. The number of unbranched alkanes of at least 4 members (excludes halogenated alkanes) is 16. The molecule has 0 aliphatic carbocycles. The largest absolute Gasteiger partial charge is 0.477 e. The fourth-order valence-electron chi connectivity index (χ4n) is 7.14. The van der Waals surface area contributed by atoms with Crippen LogP contribution in [0.2, 0.25) is 0 Å². The summed E-state index contributed by atoms with van der Waals surface area (Å²) in [5.74, 6) is -0.460. The van der Waals surface area contributed by atoms with Crippen molar-refractivity contribution in [2.24, 2.45) is 0 Å². The maximum Gasteiger partial charge on any atom is 0.477 e. The highest BCUT2D eigenvalue weighted by Crippen LogP contribution is 2.53. The second-order valence-corrected chi connectivity index (χ2v) is 16.5. The molecule has 3 heterocycles. The van der Waals surface area contributed by atoms with Gasteiger partial charge in [-0.05, 0) is 42.3 Å². The first-order valence-electron chi connectivity index (χ1n) is 20.4. The second kappa shape index (κ2) is 23.8. The Morgan fingerprint density at radius 1 is 0.965 bits per heavy atom. The lowest BCUT2D eigenvalue weighted by atomic mass is 9.93. The Hall–Kier alpha value is -3.50. The third-order valence-electron chi connectivity index (χ3n) is 10.4. The molecule has 6 atom stereocenters. The summed E-state index contributed by atoms with van der Waals surface area (Å²) >= 11 is 0. The summed E-state index contributed by atoms with van der Waals surface area (Å²) in [4.78, 5) is 3.92. The summed E-state index contributed by atoms with van der Waals surface area (Å²) < 4.78 is 57.4. The predicted octanol–water partition coefficient (Wildman–Crippen LogP) is 8.53. The molecule has 0 saturated carbocycles. The lowest BCUT2D eigenvalue weighted by Crippen LogP contribution is -2.40. The quantitative estimate of drug-likeness (QED) is 0.0464. The van der Waals surface area contributed by atoms with Gasteiger partial charge in [-0.25, -0.2) is 18.5 Å². The van der Waals surface area contributed by atoms with E-state index in [1.807, 2.05) is 12.1 Å². The molecule has 0 radical (unpaired) electrons. The fraction of sp³-hybridized carbons (Fsp3) is 0.659. The van der Waals surface area contributed by atoms with Crippen molar-refractivity contribution >= 4 is 19.2 Å². The third kappa shape index (κ3) is 13.5. The normalized spacial score (nSPS) is 21.0. The van der Waals surface area contributed by atoms with Crippen LogP contribution in [0.4, 0.5) is 10.2 Å². The van der Waals surface area contributed by atoms with Gasteiger partial charge in [0, 0.05) is 7.11 Å². The molecule has 1 aromatic carbocycles. The number of nitrogens with two attached hydrogens (primary N) is 1. The van der Waals surface area contributed by atoms with Crippen LogP contribution in [0.25, 0.3) is 5.52 Å². The average Bonchev–Trinajstić information content (AvgIpc) is 3.75. The molecule has 1 aliphatic heterocycles. The number of rotatable bonds is 28. The van der Waals surface area contributed by atoms with Crippen LogP contribution in [0.15, 0.2) is 36.7 Å². The van der Waals surface area contributed by atoms with Crippen molar-refractivity contribution in [3.05, 3.63) is 59.3 Å². The highest BCUT2D eigenvalue weighted by Gasteiger charge is 2.59. The van der Waals surface area contributed by atoms with Gasteiger partial charge in [0.15, 0.2) is 12.1 Å². The standard InChI is InChI=1S/C41H60FN6O8P/c1-3-4-5-6-7-8-9-10-11-12-13-14-15-16-17-18-19-20-34(53-27-32-23-31(26-43)24-33(42)25-32)28-54-57(51,52-2)56-40-37(49)38(50)41(29-44,55-40)36-22-21-35-39(45)46-30-47-48(35)36/h21-25,30,34,37-38,40,49-50H,3-20,27-28H2,1-2H3,(H2,45,46,47)/t34-,37+,38-,40-,41+,57?/m1/s1. The van der Waals surface area contributed by atoms with Gasteiger partial charge < -0.3 is 25.4 Å². The van der Waals surface area contributed by atoms with Crippen molar-refractivity contribution in [1.82, 2.24) is 14.6 Å². The molecule has 4 rings (SSSR count). The minimum Gasteiger partial charge on any atom is -0.386 e. The van der Waals surface area contributed by atoms with Crippen LogP contribution >= 0.6 is 7.82 Å². The lowest BCUT2D eigenvalue weighted by Gasteiger charge is -2.25. The number of nitrogen functional groups attached to an aromatic ring is 1. The van der Waals surface area contributed by atoms with Crippen LogP contribution in [0, 0.1) is 28.5 Å². The molecule has 0 bridgehead atoms. The van der Waals surface area contributed by atoms with E-state index in [2.05, 4.69) is 17.0 Å². The van der Waals surface area contributed by atoms with Gasteiger partial charge in [-0.3, -0.25) is 13.6 Å². The maximum atomic E-state index is 14.1. The Balaban J connectivity index is 1.27. The van der Waals surface area contributed by atoms with Crippen LogP contribution in [-0.4, -0.2) is 63.1 Å². The van der Waals surface area contributed by atoms with Crippen molar-refractivity contribution in [2.75, 3.05) is 19.5 Å². The average molecular weight is 815 g/mol. The molecule has 1 aliphatic rings. The number of fused-ring (bicyclic) bond motifs is 1. The van der Waals surface area contributed by atoms with E-state index < -0.39 is 43.8 Å². The number of aliphatic hydroxyl groups excluding tert-OH is 2. The first kappa shape index (κ1) is 46.2. The Morgan fingerprint density at radius 3 is 2.16 bits per heavy atom. The highest BCUT2D eigenvalue weighted by molar-refractivity contribution is 7.48. The monoisotopic (exact) mass is 814 g/mol. The van der Waals surface area contributed by atoms with Crippen molar-refractivity contribution in [3.63, 3.8) is 0 Å². The molecule has 16 heteroatoms.